The standard InChI is InChI=1S/C8H8N2O3S2/c1-5-6(15(11,12)13)4-10-7(5)8-9-2-3-14-8/h2-4,10H,1H3,(H,11,12,13). The summed E-state index contributed by atoms with van der Waals surface area (Å²) in [6.07, 6.45) is 2.90. The monoisotopic (exact) mass is 244 g/mol. The van der Waals surface area contributed by atoms with Crippen LogP contribution in [0.25, 0.3) is 10.7 Å². The normalized spacial score (nSPS) is 11.9. The second kappa shape index (κ2) is 3.44. The number of rotatable bonds is 2. The highest BCUT2D eigenvalue weighted by molar-refractivity contribution is 7.85. The van der Waals surface area contributed by atoms with Crippen molar-refractivity contribution in [3.63, 3.8) is 0 Å². The molecule has 0 aromatic carbocycles. The van der Waals surface area contributed by atoms with E-state index in [1.165, 1.54) is 17.5 Å². The maximum Gasteiger partial charge on any atom is 0.296 e. The molecule has 0 radical (unpaired) electrons. The van der Waals surface area contributed by atoms with Gasteiger partial charge < -0.3 is 4.98 Å². The van der Waals surface area contributed by atoms with E-state index in [0.717, 1.165) is 0 Å². The van der Waals surface area contributed by atoms with Crippen LogP contribution in [0.5, 0.6) is 0 Å². The molecule has 2 aromatic rings. The van der Waals surface area contributed by atoms with Crippen LogP contribution in [0.3, 0.4) is 0 Å². The second-order valence-electron chi connectivity index (χ2n) is 2.97. The van der Waals surface area contributed by atoms with Gasteiger partial charge in [-0.05, 0) is 12.5 Å². The summed E-state index contributed by atoms with van der Waals surface area (Å²) < 4.78 is 30.8. The number of hydrogen-bond donors (Lipinski definition) is 2. The van der Waals surface area contributed by atoms with Crippen LogP contribution >= 0.6 is 11.3 Å². The van der Waals surface area contributed by atoms with E-state index in [-0.39, 0.29) is 4.90 Å². The van der Waals surface area contributed by atoms with Crippen molar-refractivity contribution in [2.24, 2.45) is 0 Å². The summed E-state index contributed by atoms with van der Waals surface area (Å²) >= 11 is 1.40. The zero-order valence-corrected chi connectivity index (χ0v) is 9.39. The molecule has 0 amide bonds. The highest BCUT2D eigenvalue weighted by Gasteiger charge is 2.19. The summed E-state index contributed by atoms with van der Waals surface area (Å²) in [7, 11) is -4.16. The second-order valence-corrected chi connectivity index (χ2v) is 5.25. The van der Waals surface area contributed by atoms with Gasteiger partial charge >= 0.3 is 0 Å². The van der Waals surface area contributed by atoms with Crippen molar-refractivity contribution in [3.05, 3.63) is 23.3 Å². The first-order valence-corrected chi connectivity index (χ1v) is 6.37. The first-order valence-electron chi connectivity index (χ1n) is 4.05. The molecule has 0 saturated heterocycles. The van der Waals surface area contributed by atoms with Crippen molar-refractivity contribution in [3.8, 4) is 10.7 Å². The van der Waals surface area contributed by atoms with Gasteiger partial charge in [-0.2, -0.15) is 8.42 Å². The average molecular weight is 244 g/mol. The number of thiazole rings is 1. The van der Waals surface area contributed by atoms with E-state index in [1.54, 1.807) is 18.5 Å². The van der Waals surface area contributed by atoms with E-state index in [4.69, 9.17) is 4.55 Å². The minimum absolute atomic E-state index is 0.104. The Morgan fingerprint density at radius 3 is 2.73 bits per heavy atom. The van der Waals surface area contributed by atoms with E-state index < -0.39 is 10.1 Å². The summed E-state index contributed by atoms with van der Waals surface area (Å²) in [5.74, 6) is 0. The molecule has 0 aliphatic heterocycles. The fourth-order valence-electron chi connectivity index (χ4n) is 1.31. The third kappa shape index (κ3) is 1.81. The Morgan fingerprint density at radius 1 is 1.53 bits per heavy atom. The molecule has 0 unspecified atom stereocenters. The highest BCUT2D eigenvalue weighted by Crippen LogP contribution is 2.28. The van der Waals surface area contributed by atoms with Crippen molar-refractivity contribution >= 4 is 21.5 Å². The summed E-state index contributed by atoms with van der Waals surface area (Å²) in [5.41, 5.74) is 1.10. The Bertz CT molecular complexity index is 569. The first-order chi connectivity index (χ1) is 7.00. The number of aromatic amines is 1. The number of H-pyrrole nitrogens is 1. The van der Waals surface area contributed by atoms with Gasteiger partial charge in [0.15, 0.2) is 0 Å². The molecule has 15 heavy (non-hydrogen) atoms. The van der Waals surface area contributed by atoms with Crippen LogP contribution in [-0.2, 0) is 10.1 Å². The van der Waals surface area contributed by atoms with E-state index >= 15 is 0 Å². The van der Waals surface area contributed by atoms with Crippen molar-refractivity contribution in [1.29, 1.82) is 0 Å². The molecule has 80 valence electrons. The molecule has 0 fully saturated rings. The van der Waals surface area contributed by atoms with Gasteiger partial charge in [0.05, 0.1) is 5.69 Å². The molecule has 0 saturated carbocycles. The predicted octanol–water partition coefficient (Wildman–Crippen LogP) is 1.69. The maximum atomic E-state index is 11.0. The number of nitrogens with one attached hydrogen (secondary N) is 1. The third-order valence-electron chi connectivity index (χ3n) is 2.02. The third-order valence-corrected chi connectivity index (χ3v) is 3.79. The molecule has 2 rings (SSSR count). The SMILES string of the molecule is Cc1c(S(=O)(=O)O)c[nH]c1-c1nccs1. The van der Waals surface area contributed by atoms with Crippen molar-refractivity contribution in [2.45, 2.75) is 11.8 Å². The van der Waals surface area contributed by atoms with Crippen LogP contribution in [0.1, 0.15) is 5.56 Å². The van der Waals surface area contributed by atoms with Gasteiger partial charge in [-0.15, -0.1) is 11.3 Å². The summed E-state index contributed by atoms with van der Waals surface area (Å²) in [6, 6.07) is 0. The lowest BCUT2D eigenvalue weighted by Gasteiger charge is -1.96. The van der Waals surface area contributed by atoms with E-state index in [1.807, 2.05) is 0 Å². The lowest BCUT2D eigenvalue weighted by atomic mass is 10.3. The van der Waals surface area contributed by atoms with E-state index in [9.17, 15) is 8.42 Å². The summed E-state index contributed by atoms with van der Waals surface area (Å²) in [6.45, 7) is 1.62. The largest absolute Gasteiger partial charge is 0.358 e. The molecular weight excluding hydrogens is 236 g/mol. The van der Waals surface area contributed by atoms with E-state index in [2.05, 4.69) is 9.97 Å². The molecule has 2 heterocycles. The molecule has 0 atom stereocenters. The fraction of sp³-hybridized carbons (Fsp3) is 0.125. The maximum absolute atomic E-state index is 11.0. The zero-order valence-electron chi connectivity index (χ0n) is 7.76. The molecule has 0 spiro atoms. The number of aromatic nitrogens is 2. The molecule has 5 nitrogen and oxygen atoms in total. The number of hydrogen-bond acceptors (Lipinski definition) is 4. The van der Waals surface area contributed by atoms with Crippen molar-refractivity contribution in [2.75, 3.05) is 0 Å². The Morgan fingerprint density at radius 2 is 2.27 bits per heavy atom. The molecule has 0 aliphatic rings. The van der Waals surface area contributed by atoms with Gasteiger partial charge in [-0.25, -0.2) is 4.98 Å². The van der Waals surface area contributed by atoms with Crippen LogP contribution < -0.4 is 0 Å². The predicted molar refractivity (Wildman–Crippen MR) is 56.5 cm³/mol. The Labute approximate surface area is 90.6 Å². The van der Waals surface area contributed by atoms with Crippen LogP contribution in [0.2, 0.25) is 0 Å². The topological polar surface area (TPSA) is 83.0 Å². The molecule has 7 heteroatoms. The number of nitrogens with zero attached hydrogens (tertiary/aromatic N) is 1. The molecule has 2 N–H and O–H groups in total. The van der Waals surface area contributed by atoms with Gasteiger partial charge in [0.25, 0.3) is 10.1 Å². The van der Waals surface area contributed by atoms with Crippen molar-refractivity contribution in [1.82, 2.24) is 9.97 Å². The molecule has 0 bridgehead atoms. The van der Waals surface area contributed by atoms with Gasteiger partial charge in [0, 0.05) is 17.8 Å². The smallest absolute Gasteiger partial charge is 0.296 e. The van der Waals surface area contributed by atoms with Gasteiger partial charge in [-0.3, -0.25) is 4.55 Å². The average Bonchev–Trinajstić information content (AvgIpc) is 2.69. The van der Waals surface area contributed by atoms with Crippen LogP contribution in [0.4, 0.5) is 0 Å². The first kappa shape index (κ1) is 10.3. The lowest BCUT2D eigenvalue weighted by molar-refractivity contribution is 0.483. The zero-order chi connectivity index (χ0) is 11.1. The minimum Gasteiger partial charge on any atom is -0.358 e. The van der Waals surface area contributed by atoms with Gasteiger partial charge in [-0.1, -0.05) is 0 Å². The van der Waals surface area contributed by atoms with Crippen molar-refractivity contribution < 1.29 is 13.0 Å². The fourth-order valence-corrected chi connectivity index (χ4v) is 2.71. The Kier molecular flexibility index (Phi) is 2.37. The summed E-state index contributed by atoms with van der Waals surface area (Å²) in [4.78, 5) is 6.74. The summed E-state index contributed by atoms with van der Waals surface area (Å²) in [5, 5.41) is 2.49. The Balaban J connectivity index is 2.60. The minimum atomic E-state index is -4.16. The van der Waals surface area contributed by atoms with Crippen LogP contribution in [-0.4, -0.2) is 22.9 Å². The molecule has 0 aliphatic carbocycles. The van der Waals surface area contributed by atoms with Gasteiger partial charge in [0.2, 0.25) is 0 Å². The Hall–Kier alpha value is -1.18. The molecular formula is C8H8N2O3S2. The van der Waals surface area contributed by atoms with Gasteiger partial charge in [0.1, 0.15) is 9.90 Å². The quantitative estimate of drug-likeness (QED) is 0.787. The van der Waals surface area contributed by atoms with Crippen LogP contribution in [0.15, 0.2) is 22.7 Å². The lowest BCUT2D eigenvalue weighted by Crippen LogP contribution is -1.97. The molecule has 2 aromatic heterocycles. The van der Waals surface area contributed by atoms with Crippen LogP contribution in [0, 0.1) is 6.92 Å². The highest BCUT2D eigenvalue weighted by atomic mass is 32.2. The van der Waals surface area contributed by atoms with E-state index in [0.29, 0.717) is 16.3 Å².